The zero-order chi connectivity index (χ0) is 66.6. The van der Waals surface area contributed by atoms with Crippen molar-refractivity contribution in [2.24, 2.45) is 5.90 Å². The van der Waals surface area contributed by atoms with Crippen molar-refractivity contribution in [1.82, 2.24) is 39.1 Å². The van der Waals surface area contributed by atoms with Gasteiger partial charge in [-0.1, -0.05) is 83.9 Å². The molecule has 4 aliphatic rings. The molecule has 0 spiro atoms. The summed E-state index contributed by atoms with van der Waals surface area (Å²) in [5.41, 5.74) is 3.70. The number of benzene rings is 6. The summed E-state index contributed by atoms with van der Waals surface area (Å²) in [6.07, 6.45) is 2.40. The lowest BCUT2D eigenvalue weighted by Gasteiger charge is -2.44. The summed E-state index contributed by atoms with van der Waals surface area (Å²) >= 11 is 13.1. The summed E-state index contributed by atoms with van der Waals surface area (Å²) in [5, 5.41) is 22.0. The lowest BCUT2D eigenvalue weighted by Crippen LogP contribution is -2.57. The van der Waals surface area contributed by atoms with Crippen LogP contribution < -0.4 is 22.3 Å². The Hall–Kier alpha value is -8.15. The van der Waals surface area contributed by atoms with Crippen molar-refractivity contribution in [2.75, 3.05) is 58.2 Å². The van der Waals surface area contributed by atoms with Gasteiger partial charge >= 0.3 is 0 Å². The van der Waals surface area contributed by atoms with Gasteiger partial charge in [0.1, 0.15) is 11.6 Å². The van der Waals surface area contributed by atoms with Crippen LogP contribution in [0.25, 0.3) is 21.8 Å². The van der Waals surface area contributed by atoms with Crippen LogP contribution in [0.1, 0.15) is 93.1 Å². The summed E-state index contributed by atoms with van der Waals surface area (Å²) in [6.45, 7) is 12.3. The van der Waals surface area contributed by atoms with Gasteiger partial charge in [-0.05, 0) is 124 Å². The number of carbonyl (C=O) groups excluding carboxylic acids is 6. The van der Waals surface area contributed by atoms with E-state index >= 15 is 0 Å². The van der Waals surface area contributed by atoms with Gasteiger partial charge in [0.2, 0.25) is 0 Å². The number of aromatic amines is 1. The SMILES string of the molecule is C[C@@H]1CN(Cc2ccc(F)cc2)[C@@H](C)CN1C(=O)c1cc2c(C(=O)C(=O)N3CC[C@H](O)C3)c[nH]c2cc1Cl.C[C@@H]1CN(Cc2ccc(F)cc2)[C@@H](C)CN1C(=O)c1cc2c(C(=O)C(=O)N3CC[C@H](O)C3)cn(N)c2cc1Cl.NOP(=O)(c1ccccc1)c1ccccc1. The molecule has 93 heavy (non-hydrogen) atoms. The lowest BCUT2D eigenvalue weighted by atomic mass is 10.0. The van der Waals surface area contributed by atoms with E-state index in [1.54, 1.807) is 70.5 Å². The van der Waals surface area contributed by atoms with E-state index in [1.807, 2.05) is 64.1 Å². The predicted octanol–water partition coefficient (Wildman–Crippen LogP) is 7.94. The molecule has 7 N–H and O–H groups in total. The first-order valence-corrected chi connectivity index (χ1v) is 32.9. The minimum Gasteiger partial charge on any atom is -0.391 e. The van der Waals surface area contributed by atoms with Crippen LogP contribution in [0, 0.1) is 11.6 Å². The number of nitrogens with two attached hydrogens (primary N) is 2. The number of nitrogens with one attached hydrogen (secondary N) is 1. The topological polar surface area (TPSA) is 261 Å². The number of H-pyrrole nitrogens is 1. The third-order valence-electron chi connectivity index (χ3n) is 17.6. The predicted molar refractivity (Wildman–Crippen MR) is 352 cm³/mol. The lowest BCUT2D eigenvalue weighted by molar-refractivity contribution is -0.126. The van der Waals surface area contributed by atoms with Gasteiger partial charge in [0.05, 0.1) is 50.0 Å². The number of hydrogen-bond donors (Lipinski definition) is 5. The minimum absolute atomic E-state index is 0.0356. The van der Waals surface area contributed by atoms with Crippen LogP contribution in [-0.4, -0.2) is 173 Å². The van der Waals surface area contributed by atoms with Crippen LogP contribution in [0.15, 0.2) is 146 Å². The number of nitrogens with zero attached hydrogens (tertiary/aromatic N) is 7. The number of halogens is 4. The van der Waals surface area contributed by atoms with Gasteiger partial charge in [-0.2, -0.15) is 0 Å². The molecule has 0 aliphatic carbocycles. The highest BCUT2D eigenvalue weighted by Crippen LogP contribution is 2.42. The highest BCUT2D eigenvalue weighted by Gasteiger charge is 2.38. The van der Waals surface area contributed by atoms with Crippen LogP contribution in [0.3, 0.4) is 0 Å². The first-order chi connectivity index (χ1) is 44.4. The zero-order valence-corrected chi connectivity index (χ0v) is 54.1. The second-order valence-corrected chi connectivity index (χ2v) is 27.3. The van der Waals surface area contributed by atoms with Crippen molar-refractivity contribution in [3.63, 3.8) is 0 Å². The second kappa shape index (κ2) is 29.0. The number of carbonyl (C=O) groups is 6. The molecule has 0 bridgehead atoms. The van der Waals surface area contributed by atoms with Gasteiger partial charge in [-0.25, -0.2) is 19.3 Å². The number of aliphatic hydroxyl groups is 2. The smallest absolute Gasteiger partial charge is 0.295 e. The number of ketones is 2. The third kappa shape index (κ3) is 14.9. The van der Waals surface area contributed by atoms with E-state index < -0.39 is 43.0 Å². The largest absolute Gasteiger partial charge is 0.391 e. The number of nitrogen functional groups attached to an aromatic ring is 1. The maximum atomic E-state index is 13.7. The quantitative estimate of drug-likeness (QED) is 0.0241. The summed E-state index contributed by atoms with van der Waals surface area (Å²) < 4.78 is 45.2. The molecule has 20 nitrogen and oxygen atoms in total. The third-order valence-corrected chi connectivity index (χ3v) is 20.5. The Morgan fingerprint density at radius 2 is 1.00 bits per heavy atom. The first kappa shape index (κ1) is 67.7. The number of hydrogen-bond acceptors (Lipinski definition) is 14. The molecule has 6 atom stereocenters. The molecule has 488 valence electrons. The fraction of sp³-hybridized carbons (Fsp3) is 0.324. The van der Waals surface area contributed by atoms with Crippen molar-refractivity contribution in [3.05, 3.63) is 201 Å². The van der Waals surface area contributed by atoms with Crippen molar-refractivity contribution in [3.8, 4) is 0 Å². The highest BCUT2D eigenvalue weighted by molar-refractivity contribution is 7.74. The maximum absolute atomic E-state index is 13.7. The van der Waals surface area contributed by atoms with Crippen molar-refractivity contribution in [2.45, 2.75) is 90.0 Å². The standard InChI is InChI=1S/C28H31ClFN5O4.C28H30ClFN4O4.C12H12NO2P/c1-16-12-34(17(2)11-33(16)13-18-3-5-19(30)6-4-18)27(38)22-9-21-23(15-35(31)25(21)10-24(22)29)26(37)28(39)32-8-7-20(36)14-32;1-16-13-34(17(2)12-33(16)14-18-3-5-19(30)6-4-18)27(37)22-9-21-23(11-31-25(21)10-24(22)29)26(36)28(38)32-8-7-20(35)15-32;13-15-16(14,11-7-3-1-4-8-11)12-9-5-2-6-10-12/h3-6,9-10,15-17,20,36H,7-8,11-14,31H2,1-2H3;3-6,9-11,16-17,20,31,35H,7-8,12-15H2,1-2H3;1-10H,13H2/t2*16-,17+,20-;/m00./s1. The van der Waals surface area contributed by atoms with Gasteiger partial charge in [0.15, 0.2) is 0 Å². The molecule has 25 heteroatoms. The number of aliphatic hydroxyl groups excluding tert-OH is 2. The number of likely N-dealkylation sites (tertiary alicyclic amines) is 2. The summed E-state index contributed by atoms with van der Waals surface area (Å²) in [5.74, 6) is 7.37. The number of rotatable bonds is 13. The van der Waals surface area contributed by atoms with E-state index in [4.69, 9.17) is 39.6 Å². The van der Waals surface area contributed by atoms with Crippen LogP contribution in [0.2, 0.25) is 10.0 Å². The Kier molecular flexibility index (Phi) is 21.1. The summed E-state index contributed by atoms with van der Waals surface area (Å²) in [7, 11) is -3.13. The monoisotopic (exact) mass is 1330 g/mol. The molecule has 2 aromatic heterocycles. The molecule has 4 aliphatic heterocycles. The van der Waals surface area contributed by atoms with Crippen LogP contribution in [0.4, 0.5) is 8.78 Å². The van der Waals surface area contributed by atoms with Crippen molar-refractivity contribution in [1.29, 1.82) is 0 Å². The molecule has 4 fully saturated rings. The highest BCUT2D eigenvalue weighted by atomic mass is 35.5. The minimum atomic E-state index is -3.13. The normalized spacial score (nSPS) is 20.3. The number of piperazine rings is 2. The van der Waals surface area contributed by atoms with Crippen molar-refractivity contribution >= 4 is 98.2 Å². The molecular weight excluding hydrogens is 1260 g/mol. The first-order valence-electron chi connectivity index (χ1n) is 30.5. The fourth-order valence-corrected chi connectivity index (χ4v) is 14.5. The van der Waals surface area contributed by atoms with E-state index in [2.05, 4.69) is 14.8 Å². The summed E-state index contributed by atoms with van der Waals surface area (Å²) in [4.78, 5) is 92.9. The molecule has 0 radical (unpaired) electrons. The molecule has 8 aromatic rings. The summed E-state index contributed by atoms with van der Waals surface area (Å²) in [6, 6.07) is 36.9. The number of aromatic nitrogens is 2. The van der Waals surface area contributed by atoms with E-state index in [1.165, 1.54) is 63.3 Å². The molecule has 6 aromatic carbocycles. The number of fused-ring (bicyclic) bond motifs is 2. The van der Waals surface area contributed by atoms with Gasteiger partial charge in [-0.3, -0.25) is 47.8 Å². The van der Waals surface area contributed by atoms with Gasteiger partial charge in [0.25, 0.3) is 42.6 Å². The molecule has 0 saturated carbocycles. The Labute approximate surface area is 546 Å². The molecular formula is C68H73Cl2F2N10O10P. The molecule has 4 saturated heterocycles. The Morgan fingerprint density at radius 1 is 0.570 bits per heavy atom. The Bertz CT molecular complexity index is 4080. The van der Waals surface area contributed by atoms with E-state index in [-0.39, 0.29) is 93.0 Å². The Morgan fingerprint density at radius 3 is 1.43 bits per heavy atom. The van der Waals surface area contributed by atoms with Crippen molar-refractivity contribution < 1.29 is 57.0 Å². The molecule has 0 unspecified atom stereocenters. The van der Waals surface area contributed by atoms with E-state index in [0.29, 0.717) is 97.6 Å². The number of amides is 4. The van der Waals surface area contributed by atoms with Gasteiger partial charge in [0, 0.05) is 129 Å². The maximum Gasteiger partial charge on any atom is 0.295 e. The zero-order valence-electron chi connectivity index (χ0n) is 51.7. The van der Waals surface area contributed by atoms with Gasteiger partial charge in [-0.15, -0.1) is 0 Å². The number of Topliss-reactive ketones (excluding diaryl/α,β-unsaturated/α-hetero) is 2. The van der Waals surface area contributed by atoms with E-state index in [9.17, 15) is 52.3 Å². The average molecular weight is 1330 g/mol. The Balaban J connectivity index is 0.000000165. The molecule has 6 heterocycles. The van der Waals surface area contributed by atoms with Crippen LogP contribution in [0.5, 0.6) is 0 Å². The average Bonchev–Trinajstić information content (AvgIpc) is 1.73. The molecule has 4 amide bonds. The fourth-order valence-electron chi connectivity index (χ4n) is 12.4. The van der Waals surface area contributed by atoms with E-state index in [0.717, 1.165) is 11.1 Å². The number of β-amino-alcohol motifs (C(OH)–C–C–N with tert-alkyl or cyclic N) is 2. The van der Waals surface area contributed by atoms with Gasteiger partial charge < -0.3 is 40.6 Å². The van der Waals surface area contributed by atoms with Crippen LogP contribution >= 0.6 is 30.6 Å². The second-order valence-electron chi connectivity index (χ2n) is 24.2. The molecule has 12 rings (SSSR count). The van der Waals surface area contributed by atoms with Crippen LogP contribution in [-0.2, 0) is 31.9 Å².